The summed E-state index contributed by atoms with van der Waals surface area (Å²) in [6.07, 6.45) is 0. The molecule has 2 aliphatic rings. The zero-order valence-corrected chi connectivity index (χ0v) is 20.2. The highest BCUT2D eigenvalue weighted by Crippen LogP contribution is 2.33. The van der Waals surface area contributed by atoms with Gasteiger partial charge >= 0.3 is 0 Å². The molecule has 0 aliphatic carbocycles. The Morgan fingerprint density at radius 3 is 2.26 bits per heavy atom. The number of benzene rings is 3. The molecule has 2 heterocycles. The van der Waals surface area contributed by atoms with Crippen molar-refractivity contribution in [1.82, 2.24) is 10.2 Å². The van der Waals surface area contributed by atoms with Crippen LogP contribution in [0.5, 0.6) is 0 Å². The molecule has 2 amide bonds. The van der Waals surface area contributed by atoms with Crippen LogP contribution in [-0.4, -0.2) is 41.1 Å². The van der Waals surface area contributed by atoms with Gasteiger partial charge in [-0.05, 0) is 43.5 Å². The minimum Gasteiger partial charge on any atom is -0.395 e. The Hall–Kier alpha value is -3.93. The van der Waals surface area contributed by atoms with E-state index in [9.17, 15) is 9.59 Å². The van der Waals surface area contributed by atoms with E-state index in [0.717, 1.165) is 28.0 Å². The monoisotopic (exact) mass is 467 g/mol. The second kappa shape index (κ2) is 9.02. The average molecular weight is 468 g/mol. The molecule has 1 N–H and O–H groups in total. The molecule has 178 valence electrons. The Balaban J connectivity index is 1.58. The molecule has 0 aromatic heterocycles. The van der Waals surface area contributed by atoms with Gasteiger partial charge in [-0.3, -0.25) is 9.59 Å². The summed E-state index contributed by atoms with van der Waals surface area (Å²) in [7, 11) is 0. The predicted octanol–water partition coefficient (Wildman–Crippen LogP) is 4.82. The molecule has 0 saturated carbocycles. The van der Waals surface area contributed by atoms with Gasteiger partial charge in [0.2, 0.25) is 5.91 Å². The van der Waals surface area contributed by atoms with Crippen molar-refractivity contribution in [3.05, 3.63) is 95.6 Å². The molecule has 0 fully saturated rings. The summed E-state index contributed by atoms with van der Waals surface area (Å²) < 4.78 is 0. The number of carbonyl (C=O) groups excluding carboxylic acids is 2. The fraction of sp³-hybridized carbons (Fsp3) is 0.276. The van der Waals surface area contributed by atoms with E-state index < -0.39 is 11.6 Å². The number of nitrogens with zero attached hydrogens (tertiary/aromatic N) is 2. The molecule has 35 heavy (non-hydrogen) atoms. The van der Waals surface area contributed by atoms with E-state index in [1.54, 1.807) is 11.0 Å². The Morgan fingerprint density at radius 2 is 1.57 bits per heavy atom. The predicted molar refractivity (Wildman–Crippen MR) is 136 cm³/mol. The van der Waals surface area contributed by atoms with Gasteiger partial charge in [0, 0.05) is 23.2 Å². The van der Waals surface area contributed by atoms with Crippen LogP contribution in [0.25, 0.3) is 11.1 Å². The van der Waals surface area contributed by atoms with Gasteiger partial charge < -0.3 is 15.1 Å². The summed E-state index contributed by atoms with van der Waals surface area (Å²) in [5, 5.41) is 7.34. The SMILES string of the molecule is CC(C)(C)NC(=O)C(c1ccc(-c2ccccc2)cc1)N1CC2CON=C2c2ccccc2C1=O. The number of carbonyl (C=O) groups is 2. The highest BCUT2D eigenvalue weighted by molar-refractivity contribution is 6.13. The van der Waals surface area contributed by atoms with Gasteiger partial charge in [-0.1, -0.05) is 78.0 Å². The summed E-state index contributed by atoms with van der Waals surface area (Å²) in [5.74, 6) is -0.495. The van der Waals surface area contributed by atoms with Crippen LogP contribution < -0.4 is 5.32 Å². The highest BCUT2D eigenvalue weighted by Gasteiger charge is 2.41. The molecule has 0 bridgehead atoms. The maximum absolute atomic E-state index is 13.9. The van der Waals surface area contributed by atoms with Crippen molar-refractivity contribution in [2.24, 2.45) is 11.1 Å². The normalized spacial score (nSPS) is 18.0. The van der Waals surface area contributed by atoms with Gasteiger partial charge in [-0.25, -0.2) is 0 Å². The molecule has 0 saturated heterocycles. The summed E-state index contributed by atoms with van der Waals surface area (Å²) >= 11 is 0. The Bertz CT molecular complexity index is 1280. The quantitative estimate of drug-likeness (QED) is 0.598. The van der Waals surface area contributed by atoms with Crippen LogP contribution in [0.2, 0.25) is 0 Å². The zero-order valence-electron chi connectivity index (χ0n) is 20.2. The van der Waals surface area contributed by atoms with Gasteiger partial charge in [-0.2, -0.15) is 0 Å². The molecule has 2 unspecified atom stereocenters. The lowest BCUT2D eigenvalue weighted by Gasteiger charge is -2.34. The smallest absolute Gasteiger partial charge is 0.255 e. The highest BCUT2D eigenvalue weighted by atomic mass is 16.6. The van der Waals surface area contributed by atoms with Crippen LogP contribution in [-0.2, 0) is 9.63 Å². The van der Waals surface area contributed by atoms with Gasteiger partial charge in [0.1, 0.15) is 12.6 Å². The first-order valence-corrected chi connectivity index (χ1v) is 11.9. The van der Waals surface area contributed by atoms with Crippen molar-refractivity contribution in [3.8, 4) is 11.1 Å². The lowest BCUT2D eigenvalue weighted by molar-refractivity contribution is -0.127. The minimum absolute atomic E-state index is 0.101. The number of amides is 2. The van der Waals surface area contributed by atoms with Crippen molar-refractivity contribution >= 4 is 17.5 Å². The lowest BCUT2D eigenvalue weighted by atomic mass is 9.96. The summed E-state index contributed by atoms with van der Waals surface area (Å²) in [6.45, 7) is 6.55. The third-order valence-electron chi connectivity index (χ3n) is 6.33. The summed E-state index contributed by atoms with van der Waals surface area (Å²) in [6, 6.07) is 24.6. The molecule has 0 spiro atoms. The Kier molecular flexibility index (Phi) is 5.89. The minimum atomic E-state index is -0.792. The molecule has 5 rings (SSSR count). The van der Waals surface area contributed by atoms with E-state index >= 15 is 0 Å². The third-order valence-corrected chi connectivity index (χ3v) is 6.33. The van der Waals surface area contributed by atoms with E-state index in [4.69, 9.17) is 4.84 Å². The second-order valence-corrected chi connectivity index (χ2v) is 10.1. The van der Waals surface area contributed by atoms with Gasteiger partial charge in [0.25, 0.3) is 5.91 Å². The van der Waals surface area contributed by atoms with Crippen LogP contribution in [0.3, 0.4) is 0 Å². The summed E-state index contributed by atoms with van der Waals surface area (Å²) in [4.78, 5) is 34.7. The molecular weight excluding hydrogens is 438 g/mol. The number of oxime groups is 1. The fourth-order valence-corrected chi connectivity index (χ4v) is 4.75. The first-order chi connectivity index (χ1) is 16.8. The van der Waals surface area contributed by atoms with E-state index in [1.165, 1.54) is 0 Å². The van der Waals surface area contributed by atoms with Gasteiger partial charge in [-0.15, -0.1) is 0 Å². The Morgan fingerprint density at radius 1 is 0.943 bits per heavy atom. The van der Waals surface area contributed by atoms with Crippen molar-refractivity contribution in [2.75, 3.05) is 13.2 Å². The van der Waals surface area contributed by atoms with Crippen LogP contribution in [0.4, 0.5) is 0 Å². The molecule has 3 aromatic carbocycles. The largest absolute Gasteiger partial charge is 0.395 e. The van der Waals surface area contributed by atoms with E-state index in [1.807, 2.05) is 81.4 Å². The number of rotatable bonds is 4. The maximum Gasteiger partial charge on any atom is 0.255 e. The van der Waals surface area contributed by atoms with Crippen LogP contribution in [0.1, 0.15) is 48.3 Å². The first-order valence-electron chi connectivity index (χ1n) is 11.9. The molecule has 0 radical (unpaired) electrons. The standard InChI is InChI=1S/C29H29N3O3/c1-29(2,3)30-27(33)26(21-15-13-20(14-16-21)19-9-5-4-6-10-19)32-17-22-18-35-31-25(22)23-11-7-8-12-24(23)28(32)34/h4-16,22,26H,17-18H2,1-3H3,(H,30,33). The second-order valence-electron chi connectivity index (χ2n) is 10.1. The van der Waals surface area contributed by atoms with E-state index in [0.29, 0.717) is 18.7 Å². The van der Waals surface area contributed by atoms with Crippen molar-refractivity contribution in [3.63, 3.8) is 0 Å². The number of hydrogen-bond donors (Lipinski definition) is 1. The molecular formula is C29H29N3O3. The molecule has 6 nitrogen and oxygen atoms in total. The Labute approximate surface area is 205 Å². The topological polar surface area (TPSA) is 71.0 Å². The zero-order chi connectivity index (χ0) is 24.6. The maximum atomic E-state index is 13.9. The lowest BCUT2D eigenvalue weighted by Crippen LogP contribution is -2.50. The number of hydrogen-bond acceptors (Lipinski definition) is 4. The summed E-state index contributed by atoms with van der Waals surface area (Å²) in [5.41, 5.74) is 4.54. The molecule has 2 aliphatic heterocycles. The van der Waals surface area contributed by atoms with Gasteiger partial charge in [0.15, 0.2) is 0 Å². The third kappa shape index (κ3) is 4.56. The molecule has 6 heteroatoms. The van der Waals surface area contributed by atoms with Crippen molar-refractivity contribution in [1.29, 1.82) is 0 Å². The fourth-order valence-electron chi connectivity index (χ4n) is 4.75. The molecule has 3 aromatic rings. The molecule has 2 atom stereocenters. The number of fused-ring (bicyclic) bond motifs is 3. The number of nitrogens with one attached hydrogen (secondary N) is 1. The van der Waals surface area contributed by atoms with Crippen LogP contribution >= 0.6 is 0 Å². The van der Waals surface area contributed by atoms with E-state index in [-0.39, 0.29) is 17.7 Å². The van der Waals surface area contributed by atoms with Crippen LogP contribution in [0.15, 0.2) is 84.0 Å². The average Bonchev–Trinajstić information content (AvgIpc) is 3.27. The van der Waals surface area contributed by atoms with E-state index in [2.05, 4.69) is 22.6 Å². The van der Waals surface area contributed by atoms with Gasteiger partial charge in [0.05, 0.1) is 11.6 Å². The first kappa shape index (κ1) is 22.8. The van der Waals surface area contributed by atoms with Crippen molar-refractivity contribution in [2.45, 2.75) is 32.4 Å². The van der Waals surface area contributed by atoms with Crippen LogP contribution in [0, 0.1) is 5.92 Å². The van der Waals surface area contributed by atoms with Crippen molar-refractivity contribution < 1.29 is 14.4 Å².